The Morgan fingerprint density at radius 2 is 2.04 bits per heavy atom. The van der Waals surface area contributed by atoms with Crippen LogP contribution in [0.15, 0.2) is 41.8 Å². The fourth-order valence-corrected chi connectivity index (χ4v) is 3.35. The molecule has 2 aromatic rings. The Hall–Kier alpha value is -2.34. The van der Waals surface area contributed by atoms with Crippen molar-refractivity contribution in [1.29, 1.82) is 0 Å². The number of thiophene rings is 1. The van der Waals surface area contributed by atoms with Crippen LogP contribution in [-0.4, -0.2) is 36.4 Å². The molecule has 0 bridgehead atoms. The van der Waals surface area contributed by atoms with Gasteiger partial charge in [-0.3, -0.25) is 9.59 Å². The normalized spacial score (nSPS) is 13.3. The van der Waals surface area contributed by atoms with Crippen molar-refractivity contribution in [2.75, 3.05) is 19.7 Å². The largest absolute Gasteiger partial charge is 0.484 e. The first-order chi connectivity index (χ1) is 11.2. The van der Waals surface area contributed by atoms with E-state index >= 15 is 0 Å². The van der Waals surface area contributed by atoms with Gasteiger partial charge in [-0.2, -0.15) is 0 Å². The number of nitrogens with one attached hydrogen (secondary N) is 1. The number of fused-ring (bicyclic) bond motifs is 1. The first-order valence-electron chi connectivity index (χ1n) is 7.50. The lowest BCUT2D eigenvalue weighted by Gasteiger charge is -2.27. The zero-order valence-electron chi connectivity index (χ0n) is 12.7. The monoisotopic (exact) mass is 330 g/mol. The van der Waals surface area contributed by atoms with E-state index < -0.39 is 0 Å². The van der Waals surface area contributed by atoms with Crippen molar-refractivity contribution < 1.29 is 14.3 Å². The maximum Gasteiger partial charge on any atom is 0.258 e. The van der Waals surface area contributed by atoms with E-state index in [1.165, 1.54) is 10.4 Å². The maximum atomic E-state index is 12.2. The number of carbonyl (C=O) groups excluding carboxylic acids is 2. The Morgan fingerprint density at radius 3 is 2.87 bits per heavy atom. The van der Waals surface area contributed by atoms with Crippen LogP contribution < -0.4 is 10.1 Å². The summed E-state index contributed by atoms with van der Waals surface area (Å²) in [7, 11) is 0. The molecule has 0 fully saturated rings. The number of amides is 2. The second-order valence-corrected chi connectivity index (χ2v) is 6.31. The third kappa shape index (κ3) is 4.10. The minimum atomic E-state index is -0.296. The number of benzene rings is 1. The molecule has 5 nitrogen and oxygen atoms in total. The molecule has 1 aliphatic heterocycles. The highest BCUT2D eigenvalue weighted by atomic mass is 32.1. The summed E-state index contributed by atoms with van der Waals surface area (Å²) in [6.45, 7) is 1.26. The van der Waals surface area contributed by atoms with Gasteiger partial charge in [-0.15, -0.1) is 11.3 Å². The topological polar surface area (TPSA) is 58.6 Å². The van der Waals surface area contributed by atoms with Crippen molar-refractivity contribution in [3.63, 3.8) is 0 Å². The zero-order chi connectivity index (χ0) is 16.1. The van der Waals surface area contributed by atoms with Crippen LogP contribution in [0.25, 0.3) is 0 Å². The molecular formula is C17H18N2O3S. The molecule has 1 N–H and O–H groups in total. The lowest BCUT2D eigenvalue weighted by Crippen LogP contribution is -2.43. The van der Waals surface area contributed by atoms with Crippen LogP contribution in [0.1, 0.15) is 10.4 Å². The van der Waals surface area contributed by atoms with E-state index in [1.54, 1.807) is 28.4 Å². The molecule has 0 radical (unpaired) electrons. The van der Waals surface area contributed by atoms with E-state index in [0.29, 0.717) is 18.8 Å². The van der Waals surface area contributed by atoms with Crippen LogP contribution in [0.4, 0.5) is 0 Å². The van der Waals surface area contributed by atoms with Gasteiger partial charge in [-0.1, -0.05) is 18.2 Å². The van der Waals surface area contributed by atoms with Gasteiger partial charge in [-0.25, -0.2) is 0 Å². The van der Waals surface area contributed by atoms with Crippen molar-refractivity contribution in [1.82, 2.24) is 10.2 Å². The van der Waals surface area contributed by atoms with Gasteiger partial charge < -0.3 is 15.0 Å². The summed E-state index contributed by atoms with van der Waals surface area (Å²) in [6, 6.07) is 11.2. The molecular weight excluding hydrogens is 312 g/mol. The Bertz CT molecular complexity index is 684. The van der Waals surface area contributed by atoms with Gasteiger partial charge in [-0.05, 0) is 35.6 Å². The van der Waals surface area contributed by atoms with Crippen LogP contribution in [0.3, 0.4) is 0 Å². The fourth-order valence-electron chi connectivity index (χ4n) is 2.46. The summed E-state index contributed by atoms with van der Waals surface area (Å²) in [5, 5.41) is 4.67. The maximum absolute atomic E-state index is 12.2. The van der Waals surface area contributed by atoms with E-state index in [-0.39, 0.29) is 25.0 Å². The van der Waals surface area contributed by atoms with Crippen LogP contribution in [0, 0.1) is 0 Å². The molecule has 1 aliphatic rings. The molecule has 3 rings (SSSR count). The van der Waals surface area contributed by atoms with E-state index in [2.05, 4.69) is 16.8 Å². The van der Waals surface area contributed by atoms with Crippen molar-refractivity contribution in [2.45, 2.75) is 13.0 Å². The zero-order valence-corrected chi connectivity index (χ0v) is 13.5. The van der Waals surface area contributed by atoms with E-state index in [1.807, 2.05) is 18.2 Å². The van der Waals surface area contributed by atoms with Crippen molar-refractivity contribution in [3.05, 3.63) is 52.2 Å². The molecule has 23 heavy (non-hydrogen) atoms. The predicted molar refractivity (Wildman–Crippen MR) is 88.4 cm³/mol. The summed E-state index contributed by atoms with van der Waals surface area (Å²) in [5.41, 5.74) is 1.22. The predicted octanol–water partition coefficient (Wildman–Crippen LogP) is 1.83. The molecule has 0 aliphatic carbocycles. The Balaban J connectivity index is 1.41. The van der Waals surface area contributed by atoms with E-state index in [0.717, 1.165) is 6.42 Å². The number of ether oxygens (including phenoxy) is 1. The van der Waals surface area contributed by atoms with Crippen LogP contribution in [0.5, 0.6) is 5.75 Å². The summed E-state index contributed by atoms with van der Waals surface area (Å²) < 4.78 is 5.35. The molecule has 1 aromatic carbocycles. The minimum Gasteiger partial charge on any atom is -0.484 e. The number of nitrogens with zero attached hydrogens (tertiary/aromatic N) is 1. The van der Waals surface area contributed by atoms with Crippen molar-refractivity contribution in [3.8, 4) is 5.75 Å². The smallest absolute Gasteiger partial charge is 0.258 e. The lowest BCUT2D eigenvalue weighted by molar-refractivity contribution is -0.134. The van der Waals surface area contributed by atoms with Gasteiger partial charge in [0.15, 0.2) is 6.61 Å². The second-order valence-electron chi connectivity index (χ2n) is 5.31. The highest BCUT2D eigenvalue weighted by Crippen LogP contribution is 2.23. The first-order valence-corrected chi connectivity index (χ1v) is 8.38. The molecule has 120 valence electrons. The van der Waals surface area contributed by atoms with Crippen LogP contribution >= 0.6 is 11.3 Å². The average Bonchev–Trinajstić information content (AvgIpc) is 3.06. The van der Waals surface area contributed by atoms with Crippen LogP contribution in [0.2, 0.25) is 0 Å². The number of carbonyl (C=O) groups is 2. The van der Waals surface area contributed by atoms with Gasteiger partial charge in [0.2, 0.25) is 5.91 Å². The van der Waals surface area contributed by atoms with Gasteiger partial charge in [0, 0.05) is 18.0 Å². The fraction of sp³-hybridized carbons (Fsp3) is 0.294. The van der Waals surface area contributed by atoms with Crippen molar-refractivity contribution in [2.24, 2.45) is 0 Å². The molecule has 2 amide bonds. The standard InChI is InChI=1S/C17H18N2O3S/c20-16(12-22-14-4-2-1-3-5-14)18-10-17(21)19-8-6-15-13(11-19)7-9-23-15/h1-5,7,9H,6,8,10-12H2,(H,18,20). The number of rotatable bonds is 5. The van der Waals surface area contributed by atoms with Gasteiger partial charge in [0.25, 0.3) is 5.91 Å². The van der Waals surface area contributed by atoms with Gasteiger partial charge in [0.1, 0.15) is 5.75 Å². The number of para-hydroxylation sites is 1. The third-order valence-corrected chi connectivity index (χ3v) is 4.73. The van der Waals surface area contributed by atoms with Gasteiger partial charge in [0.05, 0.1) is 6.54 Å². The molecule has 0 saturated carbocycles. The minimum absolute atomic E-state index is 0.0104. The highest BCUT2D eigenvalue weighted by molar-refractivity contribution is 7.10. The molecule has 1 aromatic heterocycles. The Kier molecular flexibility index (Phi) is 4.92. The number of hydrogen-bond donors (Lipinski definition) is 1. The SMILES string of the molecule is O=C(COc1ccccc1)NCC(=O)N1CCc2sccc2C1. The molecule has 0 spiro atoms. The first kappa shape index (κ1) is 15.6. The van der Waals surface area contributed by atoms with Gasteiger partial charge >= 0.3 is 0 Å². The summed E-state index contributed by atoms with van der Waals surface area (Å²) in [4.78, 5) is 27.1. The third-order valence-electron chi connectivity index (χ3n) is 3.71. The molecule has 2 heterocycles. The average molecular weight is 330 g/mol. The second kappa shape index (κ2) is 7.28. The molecule has 0 unspecified atom stereocenters. The summed E-state index contributed by atoms with van der Waals surface area (Å²) >= 11 is 1.74. The molecule has 0 saturated heterocycles. The summed E-state index contributed by atoms with van der Waals surface area (Å²) in [6.07, 6.45) is 0.893. The Morgan fingerprint density at radius 1 is 1.22 bits per heavy atom. The van der Waals surface area contributed by atoms with E-state index in [4.69, 9.17) is 4.74 Å². The van der Waals surface area contributed by atoms with Crippen molar-refractivity contribution >= 4 is 23.2 Å². The molecule has 6 heteroatoms. The highest BCUT2D eigenvalue weighted by Gasteiger charge is 2.21. The van der Waals surface area contributed by atoms with E-state index in [9.17, 15) is 9.59 Å². The quantitative estimate of drug-likeness (QED) is 0.910. The number of hydrogen-bond acceptors (Lipinski definition) is 4. The molecule has 0 atom stereocenters. The summed E-state index contributed by atoms with van der Waals surface area (Å²) in [5.74, 6) is 0.278. The Labute approximate surface area is 138 Å². The lowest BCUT2D eigenvalue weighted by atomic mass is 10.1. The van der Waals surface area contributed by atoms with Crippen LogP contribution in [-0.2, 0) is 22.6 Å².